The van der Waals surface area contributed by atoms with Gasteiger partial charge in [0.2, 0.25) is 5.95 Å². The molecule has 0 unspecified atom stereocenters. The fourth-order valence-corrected chi connectivity index (χ4v) is 3.77. The van der Waals surface area contributed by atoms with E-state index in [4.69, 9.17) is 9.72 Å². The largest absolute Gasteiger partial charge is 0.497 e. The predicted molar refractivity (Wildman–Crippen MR) is 122 cm³/mol. The highest BCUT2D eigenvalue weighted by molar-refractivity contribution is 5.78. The predicted octanol–water partition coefficient (Wildman–Crippen LogP) is 3.30. The molecule has 158 valence electrons. The first kappa shape index (κ1) is 19.3. The zero-order chi connectivity index (χ0) is 21.2. The first-order valence-electron chi connectivity index (χ1n) is 10.4. The van der Waals surface area contributed by atoms with E-state index >= 15 is 0 Å². The fraction of sp³-hybridized carbons (Fsp3) is 0.261. The summed E-state index contributed by atoms with van der Waals surface area (Å²) in [5.74, 6) is 2.37. The molecule has 0 aliphatic carbocycles. The zero-order valence-corrected chi connectivity index (χ0v) is 17.7. The molecule has 5 rings (SSSR count). The average molecular weight is 416 g/mol. The topological polar surface area (TPSA) is 70.8 Å². The van der Waals surface area contributed by atoms with Gasteiger partial charge in [-0.05, 0) is 49.0 Å². The molecule has 0 atom stereocenters. The number of ether oxygens (including phenoxy) is 1. The molecule has 3 aromatic heterocycles. The minimum atomic E-state index is 0.537. The Morgan fingerprint density at radius 3 is 2.48 bits per heavy atom. The number of rotatable bonds is 5. The molecule has 4 aromatic rings. The molecule has 1 aromatic carbocycles. The Hall–Kier alpha value is -3.65. The lowest BCUT2D eigenvalue weighted by atomic mass is 10.1. The van der Waals surface area contributed by atoms with E-state index in [0.717, 1.165) is 60.2 Å². The Balaban J connectivity index is 1.36. The Kier molecular flexibility index (Phi) is 5.13. The van der Waals surface area contributed by atoms with E-state index in [9.17, 15) is 0 Å². The maximum atomic E-state index is 5.26. The number of benzene rings is 1. The molecule has 0 bridgehead atoms. The van der Waals surface area contributed by atoms with Crippen LogP contribution in [0.15, 0.2) is 60.9 Å². The number of anilines is 3. The van der Waals surface area contributed by atoms with Gasteiger partial charge in [0, 0.05) is 37.9 Å². The van der Waals surface area contributed by atoms with Gasteiger partial charge in [-0.2, -0.15) is 4.98 Å². The van der Waals surface area contributed by atoms with Crippen LogP contribution in [-0.2, 0) is 0 Å². The van der Waals surface area contributed by atoms with Crippen molar-refractivity contribution in [2.24, 2.45) is 0 Å². The van der Waals surface area contributed by atoms with E-state index in [2.05, 4.69) is 32.2 Å². The lowest BCUT2D eigenvalue weighted by Crippen LogP contribution is -2.44. The normalized spacial score (nSPS) is 14.7. The highest BCUT2D eigenvalue weighted by Gasteiger charge is 2.15. The van der Waals surface area contributed by atoms with Gasteiger partial charge in [0.25, 0.3) is 0 Å². The minimum absolute atomic E-state index is 0.537. The summed E-state index contributed by atoms with van der Waals surface area (Å²) in [7, 11) is 3.82. The van der Waals surface area contributed by atoms with Gasteiger partial charge in [-0.1, -0.05) is 12.1 Å². The number of piperazine rings is 1. The highest BCUT2D eigenvalue weighted by atomic mass is 16.5. The summed E-state index contributed by atoms with van der Waals surface area (Å²) in [5, 5.41) is 7.85. The van der Waals surface area contributed by atoms with Crippen LogP contribution in [0, 0.1) is 0 Å². The van der Waals surface area contributed by atoms with Crippen LogP contribution in [0.3, 0.4) is 0 Å². The maximum Gasteiger partial charge on any atom is 0.247 e. The van der Waals surface area contributed by atoms with Crippen LogP contribution >= 0.6 is 0 Å². The van der Waals surface area contributed by atoms with Gasteiger partial charge in [-0.3, -0.25) is 0 Å². The van der Waals surface area contributed by atoms with Gasteiger partial charge in [0.1, 0.15) is 11.6 Å². The van der Waals surface area contributed by atoms with Crippen molar-refractivity contribution in [3.63, 3.8) is 0 Å². The number of nitrogens with one attached hydrogen (secondary N) is 1. The van der Waals surface area contributed by atoms with E-state index in [0.29, 0.717) is 5.95 Å². The van der Waals surface area contributed by atoms with E-state index in [1.54, 1.807) is 11.6 Å². The fourth-order valence-electron chi connectivity index (χ4n) is 3.77. The summed E-state index contributed by atoms with van der Waals surface area (Å²) in [6.45, 7) is 4.11. The van der Waals surface area contributed by atoms with Crippen molar-refractivity contribution in [3.8, 4) is 16.9 Å². The molecule has 1 aliphatic heterocycles. The number of hydrogen-bond acceptors (Lipinski definition) is 7. The molecular weight excluding hydrogens is 390 g/mol. The summed E-state index contributed by atoms with van der Waals surface area (Å²) in [6, 6.07) is 16.0. The highest BCUT2D eigenvalue weighted by Crippen LogP contribution is 2.27. The molecule has 0 amide bonds. The summed E-state index contributed by atoms with van der Waals surface area (Å²) < 4.78 is 7.05. The maximum absolute atomic E-state index is 5.26. The smallest absolute Gasteiger partial charge is 0.247 e. The molecule has 0 saturated carbocycles. The first-order chi connectivity index (χ1) is 15.2. The SMILES string of the molecule is COc1ccc(-c2cccn3nc(Nc4ccc(N5CCN(C)CC5)nc4)nc23)cc1. The van der Waals surface area contributed by atoms with Gasteiger partial charge in [-0.15, -0.1) is 5.10 Å². The first-order valence-corrected chi connectivity index (χ1v) is 10.4. The second-order valence-electron chi connectivity index (χ2n) is 7.67. The van der Waals surface area contributed by atoms with Crippen LogP contribution in [-0.4, -0.2) is 64.8 Å². The number of pyridine rings is 2. The summed E-state index contributed by atoms with van der Waals surface area (Å²) in [6.07, 6.45) is 3.74. The lowest BCUT2D eigenvalue weighted by molar-refractivity contribution is 0.312. The molecule has 8 nitrogen and oxygen atoms in total. The number of likely N-dealkylation sites (N-methyl/N-ethyl adjacent to an activating group) is 1. The molecule has 0 radical (unpaired) electrons. The average Bonchev–Trinajstić information content (AvgIpc) is 3.23. The zero-order valence-electron chi connectivity index (χ0n) is 17.7. The van der Waals surface area contributed by atoms with Crippen molar-refractivity contribution in [1.82, 2.24) is 24.5 Å². The van der Waals surface area contributed by atoms with Gasteiger partial charge in [-0.25, -0.2) is 9.50 Å². The summed E-state index contributed by atoms with van der Waals surface area (Å²) >= 11 is 0. The third-order valence-corrected chi connectivity index (χ3v) is 5.59. The number of hydrogen-bond donors (Lipinski definition) is 1. The third-order valence-electron chi connectivity index (χ3n) is 5.59. The van der Waals surface area contributed by atoms with Crippen LogP contribution in [0.1, 0.15) is 0 Å². The Bertz CT molecular complexity index is 1160. The van der Waals surface area contributed by atoms with Crippen LogP contribution in [0.2, 0.25) is 0 Å². The molecular formula is C23H25N7O. The molecule has 0 spiro atoms. The number of methoxy groups -OCH3 is 1. The number of aromatic nitrogens is 4. The van der Waals surface area contributed by atoms with Crippen LogP contribution < -0.4 is 15.0 Å². The van der Waals surface area contributed by atoms with Crippen LogP contribution in [0.25, 0.3) is 16.8 Å². The van der Waals surface area contributed by atoms with Crippen molar-refractivity contribution in [2.45, 2.75) is 0 Å². The molecule has 1 aliphatic rings. The monoisotopic (exact) mass is 415 g/mol. The minimum Gasteiger partial charge on any atom is -0.497 e. The van der Waals surface area contributed by atoms with Crippen LogP contribution in [0.4, 0.5) is 17.5 Å². The molecule has 8 heteroatoms. The lowest BCUT2D eigenvalue weighted by Gasteiger charge is -2.33. The van der Waals surface area contributed by atoms with Crippen molar-refractivity contribution in [2.75, 3.05) is 50.6 Å². The number of fused-ring (bicyclic) bond motifs is 1. The molecule has 4 heterocycles. The Labute approximate surface area is 181 Å². The van der Waals surface area contributed by atoms with Crippen molar-refractivity contribution < 1.29 is 4.74 Å². The van der Waals surface area contributed by atoms with Gasteiger partial charge < -0.3 is 19.9 Å². The Morgan fingerprint density at radius 2 is 1.77 bits per heavy atom. The molecule has 31 heavy (non-hydrogen) atoms. The van der Waals surface area contributed by atoms with Crippen molar-refractivity contribution >= 4 is 23.1 Å². The standard InChI is InChI=1S/C23H25N7O/c1-28-12-14-29(15-13-28)21-10-7-18(16-24-21)25-23-26-22-20(4-3-11-30(22)27-23)17-5-8-19(31-2)9-6-17/h3-11,16H,12-15H2,1-2H3,(H,25,27). The van der Waals surface area contributed by atoms with E-state index in [1.165, 1.54) is 0 Å². The van der Waals surface area contributed by atoms with Crippen molar-refractivity contribution in [3.05, 3.63) is 60.9 Å². The summed E-state index contributed by atoms with van der Waals surface area (Å²) in [5.41, 5.74) is 3.72. The quantitative estimate of drug-likeness (QED) is 0.536. The second kappa shape index (κ2) is 8.23. The van der Waals surface area contributed by atoms with Gasteiger partial charge in [0.05, 0.1) is 19.0 Å². The molecule has 1 N–H and O–H groups in total. The Morgan fingerprint density at radius 1 is 0.968 bits per heavy atom. The van der Waals surface area contributed by atoms with E-state index in [-0.39, 0.29) is 0 Å². The number of nitrogens with zero attached hydrogens (tertiary/aromatic N) is 6. The van der Waals surface area contributed by atoms with Crippen molar-refractivity contribution in [1.29, 1.82) is 0 Å². The second-order valence-corrected chi connectivity index (χ2v) is 7.67. The van der Waals surface area contributed by atoms with Crippen LogP contribution in [0.5, 0.6) is 5.75 Å². The summed E-state index contributed by atoms with van der Waals surface area (Å²) in [4.78, 5) is 14.0. The van der Waals surface area contributed by atoms with E-state index in [1.807, 2.05) is 60.9 Å². The third kappa shape index (κ3) is 4.02. The van der Waals surface area contributed by atoms with Gasteiger partial charge >= 0.3 is 0 Å². The van der Waals surface area contributed by atoms with Gasteiger partial charge in [0.15, 0.2) is 5.65 Å². The van der Waals surface area contributed by atoms with E-state index < -0.39 is 0 Å². The molecule has 1 fully saturated rings. The molecule has 1 saturated heterocycles.